The van der Waals surface area contributed by atoms with Crippen LogP contribution in [0.25, 0.3) is 0 Å². The van der Waals surface area contributed by atoms with Gasteiger partial charge in [-0.05, 0) is 43.5 Å². The number of benzene rings is 1. The van der Waals surface area contributed by atoms with E-state index < -0.39 is 6.10 Å². The second-order valence-corrected chi connectivity index (χ2v) is 6.32. The molecule has 1 fully saturated rings. The van der Waals surface area contributed by atoms with Gasteiger partial charge in [0.2, 0.25) is 0 Å². The molecule has 0 amide bonds. The van der Waals surface area contributed by atoms with Crippen LogP contribution in [0.4, 0.5) is 0 Å². The molecule has 21 heavy (non-hydrogen) atoms. The largest absolute Gasteiger partial charge is 0.491 e. The fourth-order valence-electron chi connectivity index (χ4n) is 3.29. The van der Waals surface area contributed by atoms with Gasteiger partial charge in [0.1, 0.15) is 18.5 Å². The quantitative estimate of drug-likeness (QED) is 0.883. The summed E-state index contributed by atoms with van der Waals surface area (Å²) >= 11 is 0. The average Bonchev–Trinajstić information content (AvgIpc) is 2.96. The van der Waals surface area contributed by atoms with Crippen molar-refractivity contribution < 1.29 is 9.84 Å². The average molecular weight is 290 g/mol. The molecule has 0 unspecified atom stereocenters. The van der Waals surface area contributed by atoms with Crippen molar-refractivity contribution >= 4 is 0 Å². The summed E-state index contributed by atoms with van der Waals surface area (Å²) in [4.78, 5) is 4.65. The van der Waals surface area contributed by atoms with Gasteiger partial charge in [0.15, 0.2) is 0 Å². The van der Waals surface area contributed by atoms with Crippen molar-refractivity contribution in [2.24, 2.45) is 0 Å². The minimum absolute atomic E-state index is 0.392. The molecule has 1 aliphatic heterocycles. The smallest absolute Gasteiger partial charge is 0.122 e. The lowest BCUT2D eigenvalue weighted by atomic mass is 10.1. The van der Waals surface area contributed by atoms with Gasteiger partial charge in [0.25, 0.3) is 0 Å². The summed E-state index contributed by atoms with van der Waals surface area (Å²) < 4.78 is 5.89. The highest BCUT2D eigenvalue weighted by molar-refractivity contribution is 5.43. The third-order valence-corrected chi connectivity index (χ3v) is 4.60. The van der Waals surface area contributed by atoms with Crippen LogP contribution in [0.3, 0.4) is 0 Å². The Morgan fingerprint density at radius 1 is 1.19 bits per heavy atom. The van der Waals surface area contributed by atoms with Crippen molar-refractivity contribution in [3.8, 4) is 5.75 Å². The van der Waals surface area contributed by atoms with Crippen LogP contribution in [-0.4, -0.2) is 67.4 Å². The lowest BCUT2D eigenvalue weighted by Gasteiger charge is -2.33. The SMILES string of the molecule is CN1CCN(C[C@@H](O)COc2cccc3c2CCC3)CC1. The van der Waals surface area contributed by atoms with Gasteiger partial charge < -0.3 is 14.7 Å². The lowest BCUT2D eigenvalue weighted by molar-refractivity contribution is 0.0502. The van der Waals surface area contributed by atoms with Crippen LogP contribution in [0.1, 0.15) is 17.5 Å². The fourth-order valence-corrected chi connectivity index (χ4v) is 3.29. The van der Waals surface area contributed by atoms with E-state index in [-0.39, 0.29) is 0 Å². The highest BCUT2D eigenvalue weighted by Gasteiger charge is 2.19. The molecule has 3 rings (SSSR count). The second-order valence-electron chi connectivity index (χ2n) is 6.32. The molecule has 1 aromatic carbocycles. The molecular weight excluding hydrogens is 264 g/mol. The third-order valence-electron chi connectivity index (χ3n) is 4.60. The molecule has 1 atom stereocenters. The van der Waals surface area contributed by atoms with Gasteiger partial charge in [0, 0.05) is 32.7 Å². The second kappa shape index (κ2) is 6.77. The summed E-state index contributed by atoms with van der Waals surface area (Å²) in [6, 6.07) is 6.29. The molecule has 1 heterocycles. The van der Waals surface area contributed by atoms with E-state index in [1.54, 1.807) is 0 Å². The first-order chi connectivity index (χ1) is 10.2. The first-order valence-electron chi connectivity index (χ1n) is 8.05. The van der Waals surface area contributed by atoms with Gasteiger partial charge in [-0.15, -0.1) is 0 Å². The predicted molar refractivity (Wildman–Crippen MR) is 83.9 cm³/mol. The molecule has 1 saturated heterocycles. The van der Waals surface area contributed by atoms with Gasteiger partial charge in [-0.3, -0.25) is 4.90 Å². The fraction of sp³-hybridized carbons (Fsp3) is 0.647. The third kappa shape index (κ3) is 3.76. The van der Waals surface area contributed by atoms with E-state index >= 15 is 0 Å². The normalized spacial score (nSPS) is 21.2. The van der Waals surface area contributed by atoms with Crippen molar-refractivity contribution in [3.05, 3.63) is 29.3 Å². The van der Waals surface area contributed by atoms with Gasteiger partial charge in [-0.2, -0.15) is 0 Å². The Hall–Kier alpha value is -1.10. The maximum atomic E-state index is 10.2. The molecule has 0 radical (unpaired) electrons. The minimum Gasteiger partial charge on any atom is -0.491 e. The molecule has 116 valence electrons. The van der Waals surface area contributed by atoms with Crippen LogP contribution in [-0.2, 0) is 12.8 Å². The van der Waals surface area contributed by atoms with Crippen LogP contribution in [0.5, 0.6) is 5.75 Å². The number of likely N-dealkylation sites (N-methyl/N-ethyl adjacent to an activating group) is 1. The number of aryl methyl sites for hydroxylation is 1. The number of aliphatic hydroxyl groups is 1. The number of hydrogen-bond donors (Lipinski definition) is 1. The van der Waals surface area contributed by atoms with Crippen LogP contribution in [0.2, 0.25) is 0 Å². The van der Waals surface area contributed by atoms with E-state index in [1.165, 1.54) is 17.5 Å². The Bertz CT molecular complexity index is 470. The number of ether oxygens (including phenoxy) is 1. The van der Waals surface area contributed by atoms with Crippen molar-refractivity contribution in [1.29, 1.82) is 0 Å². The Morgan fingerprint density at radius 3 is 2.81 bits per heavy atom. The molecular formula is C17H26N2O2. The van der Waals surface area contributed by atoms with E-state index in [0.29, 0.717) is 13.2 Å². The summed E-state index contributed by atoms with van der Waals surface area (Å²) in [6.07, 6.45) is 3.08. The highest BCUT2D eigenvalue weighted by atomic mass is 16.5. The molecule has 0 spiro atoms. The maximum Gasteiger partial charge on any atom is 0.122 e. The standard InChI is InChI=1S/C17H26N2O2/c1-18-8-10-19(11-9-18)12-15(20)13-21-17-7-3-5-14-4-2-6-16(14)17/h3,5,7,15,20H,2,4,6,8-13H2,1H3/t15-/m1/s1. The molecule has 1 aliphatic carbocycles. The van der Waals surface area contributed by atoms with E-state index in [4.69, 9.17) is 4.74 Å². The zero-order valence-corrected chi connectivity index (χ0v) is 12.9. The number of fused-ring (bicyclic) bond motifs is 1. The number of β-amino-alcohol motifs (C(OH)–C–C–N with tert-alkyl or cyclic N) is 1. The van der Waals surface area contributed by atoms with Crippen molar-refractivity contribution in [2.75, 3.05) is 46.4 Å². The zero-order chi connectivity index (χ0) is 14.7. The minimum atomic E-state index is -0.411. The first-order valence-corrected chi connectivity index (χ1v) is 8.05. The number of nitrogens with zero attached hydrogens (tertiary/aromatic N) is 2. The van der Waals surface area contributed by atoms with Crippen molar-refractivity contribution in [2.45, 2.75) is 25.4 Å². The molecule has 4 nitrogen and oxygen atoms in total. The molecule has 4 heteroatoms. The van der Waals surface area contributed by atoms with Crippen molar-refractivity contribution in [3.63, 3.8) is 0 Å². The lowest BCUT2D eigenvalue weighted by Crippen LogP contribution is -2.47. The summed E-state index contributed by atoms with van der Waals surface area (Å²) in [5, 5.41) is 10.2. The van der Waals surface area contributed by atoms with Crippen LogP contribution >= 0.6 is 0 Å². The van der Waals surface area contributed by atoms with Crippen LogP contribution in [0.15, 0.2) is 18.2 Å². The zero-order valence-electron chi connectivity index (χ0n) is 12.9. The van der Waals surface area contributed by atoms with Crippen LogP contribution < -0.4 is 4.74 Å². The Morgan fingerprint density at radius 2 is 2.00 bits per heavy atom. The van der Waals surface area contributed by atoms with Gasteiger partial charge >= 0.3 is 0 Å². The molecule has 2 aliphatic rings. The molecule has 1 N–H and O–H groups in total. The van der Waals surface area contributed by atoms with Gasteiger partial charge in [0.05, 0.1) is 0 Å². The summed E-state index contributed by atoms with van der Waals surface area (Å²) in [5.74, 6) is 0.974. The predicted octanol–water partition coefficient (Wildman–Crippen LogP) is 1.16. The summed E-state index contributed by atoms with van der Waals surface area (Å²) in [5.41, 5.74) is 2.77. The molecule has 0 saturated carbocycles. The molecule has 0 aromatic heterocycles. The van der Waals surface area contributed by atoms with Crippen molar-refractivity contribution in [1.82, 2.24) is 9.80 Å². The van der Waals surface area contributed by atoms with E-state index in [9.17, 15) is 5.11 Å². The number of aliphatic hydroxyl groups excluding tert-OH is 1. The summed E-state index contributed by atoms with van der Waals surface area (Å²) in [7, 11) is 2.15. The number of hydrogen-bond acceptors (Lipinski definition) is 4. The Balaban J connectivity index is 1.48. The van der Waals surface area contributed by atoms with E-state index in [1.807, 2.05) is 6.07 Å². The number of piperazine rings is 1. The maximum absolute atomic E-state index is 10.2. The van der Waals surface area contributed by atoms with Crippen LogP contribution in [0, 0.1) is 0 Å². The number of rotatable bonds is 5. The Kier molecular flexibility index (Phi) is 4.78. The highest BCUT2D eigenvalue weighted by Crippen LogP contribution is 2.30. The monoisotopic (exact) mass is 290 g/mol. The van der Waals surface area contributed by atoms with Gasteiger partial charge in [-0.25, -0.2) is 0 Å². The summed E-state index contributed by atoms with van der Waals surface area (Å²) in [6.45, 7) is 5.34. The van der Waals surface area contributed by atoms with Gasteiger partial charge in [-0.1, -0.05) is 12.1 Å². The first kappa shape index (κ1) is 14.8. The topological polar surface area (TPSA) is 35.9 Å². The molecule has 1 aromatic rings. The van der Waals surface area contributed by atoms with E-state index in [0.717, 1.165) is 44.8 Å². The Labute approximate surface area is 127 Å². The molecule has 0 bridgehead atoms. The van der Waals surface area contributed by atoms with E-state index in [2.05, 4.69) is 29.0 Å².